The zero-order valence-electron chi connectivity index (χ0n) is 15.8. The minimum atomic E-state index is -3.36. The Kier molecular flexibility index (Phi) is 5.98. The van der Waals surface area contributed by atoms with E-state index in [4.69, 9.17) is 19.5 Å². The molecule has 0 radical (unpaired) electrons. The molecule has 0 saturated carbocycles. The number of fused-ring (bicyclic) bond motifs is 1. The average molecular weight is 482 g/mol. The lowest BCUT2D eigenvalue weighted by molar-refractivity contribution is 0.0340. The van der Waals surface area contributed by atoms with E-state index in [1.165, 1.54) is 6.33 Å². The van der Waals surface area contributed by atoms with Gasteiger partial charge in [0.2, 0.25) is 0 Å². The first-order chi connectivity index (χ1) is 13.9. The van der Waals surface area contributed by atoms with Gasteiger partial charge in [-0.25, -0.2) is 15.0 Å². The molecular weight excluding hydrogens is 461 g/mol. The van der Waals surface area contributed by atoms with Crippen LogP contribution in [0, 0.1) is 0 Å². The lowest BCUT2D eigenvalue weighted by Crippen LogP contribution is -2.21. The number of nitrogens with two attached hydrogens (primary N) is 1. The molecule has 3 atom stereocenters. The van der Waals surface area contributed by atoms with E-state index < -0.39 is 7.60 Å². The molecule has 29 heavy (non-hydrogen) atoms. The molecule has 9 nitrogen and oxygen atoms in total. The Morgan fingerprint density at radius 2 is 2.28 bits per heavy atom. The Bertz CT molecular complexity index is 1060. The zero-order valence-corrected chi connectivity index (χ0v) is 18.3. The summed E-state index contributed by atoms with van der Waals surface area (Å²) >= 11 is 3.45. The van der Waals surface area contributed by atoms with E-state index in [0.717, 1.165) is 10.0 Å². The van der Waals surface area contributed by atoms with Crippen molar-refractivity contribution in [2.45, 2.75) is 32.1 Å². The van der Waals surface area contributed by atoms with Crippen LogP contribution in [0.5, 0.6) is 0 Å². The van der Waals surface area contributed by atoms with Crippen LogP contribution in [0.1, 0.15) is 25.0 Å². The molecule has 1 aliphatic rings. The summed E-state index contributed by atoms with van der Waals surface area (Å²) in [6.45, 7) is 2.69. The first kappa shape index (κ1) is 20.4. The fourth-order valence-electron chi connectivity index (χ4n) is 3.16. The number of nitrogen functional groups attached to an aromatic ring is 1. The van der Waals surface area contributed by atoms with Crippen LogP contribution in [0.25, 0.3) is 11.2 Å². The average Bonchev–Trinajstić information content (AvgIpc) is 3.11. The molecular formula is C18H21BrN5O4P. The molecule has 4 rings (SSSR count). The second-order valence-electron chi connectivity index (χ2n) is 6.82. The van der Waals surface area contributed by atoms with Crippen molar-refractivity contribution in [2.24, 2.45) is 0 Å². The van der Waals surface area contributed by atoms with Crippen LogP contribution in [-0.4, -0.2) is 38.6 Å². The maximum atomic E-state index is 13.0. The normalized spacial score (nSPS) is 23.3. The van der Waals surface area contributed by atoms with Crippen LogP contribution in [0.15, 0.2) is 41.4 Å². The number of halogens is 1. The number of rotatable bonds is 6. The molecule has 0 bridgehead atoms. The van der Waals surface area contributed by atoms with Crippen molar-refractivity contribution >= 4 is 40.5 Å². The third kappa shape index (κ3) is 4.67. The lowest BCUT2D eigenvalue weighted by atomic mass is 10.1. The molecule has 2 aromatic heterocycles. The van der Waals surface area contributed by atoms with Crippen molar-refractivity contribution in [3.63, 3.8) is 0 Å². The second kappa shape index (κ2) is 8.49. The second-order valence-corrected chi connectivity index (χ2v) is 9.68. The molecule has 0 amide bonds. The standard InChI is InChI=1S/C18H21BrN5O4P/c1-12(8-24-10-23-16-17(20)21-9-22-18(16)24)26-11-29(25)27-6-5-15(28-29)13-3-2-4-14(19)7-13/h2-4,7,9-10,12,15H,5-6,8,11H2,1H3,(H2,20,21,22)/t12-,15?,29?/m1/s1. The Balaban J connectivity index is 1.38. The fourth-order valence-corrected chi connectivity index (χ4v) is 5.21. The summed E-state index contributed by atoms with van der Waals surface area (Å²) in [5.74, 6) is 0.328. The quantitative estimate of drug-likeness (QED) is 0.527. The third-order valence-electron chi connectivity index (χ3n) is 4.58. The lowest BCUT2D eigenvalue weighted by Gasteiger charge is -2.30. The van der Waals surface area contributed by atoms with E-state index in [1.807, 2.05) is 35.8 Å². The van der Waals surface area contributed by atoms with Crippen molar-refractivity contribution in [1.29, 1.82) is 0 Å². The highest BCUT2D eigenvalue weighted by atomic mass is 79.9. The highest BCUT2D eigenvalue weighted by Gasteiger charge is 2.35. The molecule has 1 aromatic carbocycles. The monoisotopic (exact) mass is 481 g/mol. The molecule has 154 valence electrons. The van der Waals surface area contributed by atoms with Gasteiger partial charge in [0, 0.05) is 10.9 Å². The van der Waals surface area contributed by atoms with Gasteiger partial charge in [-0.15, -0.1) is 0 Å². The van der Waals surface area contributed by atoms with Gasteiger partial charge in [-0.1, -0.05) is 28.1 Å². The van der Waals surface area contributed by atoms with Crippen LogP contribution in [0.3, 0.4) is 0 Å². The van der Waals surface area contributed by atoms with Gasteiger partial charge in [-0.05, 0) is 24.6 Å². The van der Waals surface area contributed by atoms with Gasteiger partial charge in [-0.3, -0.25) is 9.09 Å². The molecule has 0 spiro atoms. The molecule has 3 aromatic rings. The van der Waals surface area contributed by atoms with Gasteiger partial charge in [0.1, 0.15) is 18.2 Å². The number of hydrogen-bond donors (Lipinski definition) is 1. The van der Waals surface area contributed by atoms with E-state index in [-0.39, 0.29) is 18.6 Å². The maximum absolute atomic E-state index is 13.0. The molecule has 1 aliphatic heterocycles. The van der Waals surface area contributed by atoms with E-state index in [2.05, 4.69) is 30.9 Å². The number of imidazole rings is 1. The minimum Gasteiger partial charge on any atom is -0.382 e. The fraction of sp³-hybridized carbons (Fsp3) is 0.389. The summed E-state index contributed by atoms with van der Waals surface area (Å²) in [4.78, 5) is 12.4. The zero-order chi connectivity index (χ0) is 20.4. The SMILES string of the molecule is C[C@H](Cn1cnc2c(N)ncnc21)OCP1(=O)OCCC(c2cccc(Br)c2)O1. The number of hydrogen-bond acceptors (Lipinski definition) is 8. The number of ether oxygens (including phenoxy) is 1. The summed E-state index contributed by atoms with van der Waals surface area (Å²) < 4.78 is 32.9. The molecule has 2 unspecified atom stereocenters. The maximum Gasteiger partial charge on any atom is 0.356 e. The topological polar surface area (TPSA) is 114 Å². The molecule has 1 saturated heterocycles. The molecule has 1 fully saturated rings. The molecule has 3 heterocycles. The number of nitrogens with zero attached hydrogens (tertiary/aromatic N) is 4. The third-order valence-corrected chi connectivity index (χ3v) is 6.69. The Morgan fingerprint density at radius 3 is 3.10 bits per heavy atom. The summed E-state index contributed by atoms with van der Waals surface area (Å²) in [5.41, 5.74) is 7.94. The van der Waals surface area contributed by atoms with E-state index in [1.54, 1.807) is 6.33 Å². The van der Waals surface area contributed by atoms with Crippen molar-refractivity contribution in [3.8, 4) is 0 Å². The smallest absolute Gasteiger partial charge is 0.356 e. The summed E-state index contributed by atoms with van der Waals surface area (Å²) in [5, 5.41) is 0. The van der Waals surface area contributed by atoms with Crippen LogP contribution >= 0.6 is 23.5 Å². The van der Waals surface area contributed by atoms with Crippen molar-refractivity contribution < 1.29 is 18.3 Å². The highest BCUT2D eigenvalue weighted by molar-refractivity contribution is 9.10. The van der Waals surface area contributed by atoms with E-state index >= 15 is 0 Å². The minimum absolute atomic E-state index is 0.123. The van der Waals surface area contributed by atoms with Crippen LogP contribution in [0.4, 0.5) is 5.82 Å². The Hall–Kier alpha value is -1.84. The summed E-state index contributed by atoms with van der Waals surface area (Å²) in [6, 6.07) is 7.77. The number of anilines is 1. The van der Waals surface area contributed by atoms with Crippen LogP contribution < -0.4 is 5.73 Å². The molecule has 0 aliphatic carbocycles. The van der Waals surface area contributed by atoms with Crippen molar-refractivity contribution in [1.82, 2.24) is 19.5 Å². The number of aromatic nitrogens is 4. The van der Waals surface area contributed by atoms with Gasteiger partial charge in [0.15, 0.2) is 11.5 Å². The predicted molar refractivity (Wildman–Crippen MR) is 111 cm³/mol. The molecule has 11 heteroatoms. The first-order valence-electron chi connectivity index (χ1n) is 9.14. The van der Waals surface area contributed by atoms with E-state index in [9.17, 15) is 4.57 Å². The van der Waals surface area contributed by atoms with Gasteiger partial charge in [0.05, 0.1) is 31.7 Å². The van der Waals surface area contributed by atoms with Gasteiger partial charge in [-0.2, -0.15) is 0 Å². The van der Waals surface area contributed by atoms with Crippen molar-refractivity contribution in [2.75, 3.05) is 18.7 Å². The van der Waals surface area contributed by atoms with Gasteiger partial charge < -0.3 is 19.6 Å². The highest BCUT2D eigenvalue weighted by Crippen LogP contribution is 2.56. The Morgan fingerprint density at radius 1 is 1.41 bits per heavy atom. The summed E-state index contributed by atoms with van der Waals surface area (Å²) in [7, 11) is -3.36. The Labute approximate surface area is 176 Å². The van der Waals surface area contributed by atoms with Crippen molar-refractivity contribution in [3.05, 3.63) is 47.0 Å². The van der Waals surface area contributed by atoms with Gasteiger partial charge >= 0.3 is 7.60 Å². The van der Waals surface area contributed by atoms with E-state index in [0.29, 0.717) is 36.6 Å². The van der Waals surface area contributed by atoms with Gasteiger partial charge in [0.25, 0.3) is 0 Å². The first-order valence-corrected chi connectivity index (χ1v) is 11.7. The van der Waals surface area contributed by atoms with Crippen LogP contribution in [-0.2, 0) is 24.9 Å². The number of benzene rings is 1. The molecule has 2 N–H and O–H groups in total. The van der Waals surface area contributed by atoms with Crippen LogP contribution in [0.2, 0.25) is 0 Å². The summed E-state index contributed by atoms with van der Waals surface area (Å²) in [6.07, 6.45) is 2.98. The largest absolute Gasteiger partial charge is 0.382 e. The predicted octanol–water partition coefficient (Wildman–Crippen LogP) is 3.90.